The van der Waals surface area contributed by atoms with Gasteiger partial charge in [0.05, 0.1) is 22.0 Å². The van der Waals surface area contributed by atoms with Crippen molar-refractivity contribution in [3.8, 4) is 5.69 Å². The van der Waals surface area contributed by atoms with Crippen molar-refractivity contribution in [2.45, 2.75) is 17.6 Å². The number of nitrogens with zero attached hydrogens (tertiary/aromatic N) is 5. The summed E-state index contributed by atoms with van der Waals surface area (Å²) in [4.78, 5) is 18.3. The van der Waals surface area contributed by atoms with Crippen LogP contribution in [-0.2, 0) is 5.75 Å². The molecule has 1 N–H and O–H groups in total. The highest BCUT2D eigenvalue weighted by Crippen LogP contribution is 2.27. The molecule has 2 aromatic heterocycles. The van der Waals surface area contributed by atoms with Crippen molar-refractivity contribution in [2.24, 2.45) is 0 Å². The maximum Gasteiger partial charge on any atom is 0.256 e. The average molecular weight is 409 g/mol. The molecule has 2 heterocycles. The summed E-state index contributed by atoms with van der Waals surface area (Å²) >= 11 is 3.24. The van der Waals surface area contributed by atoms with E-state index in [0.29, 0.717) is 11.3 Å². The van der Waals surface area contributed by atoms with Crippen LogP contribution in [0.2, 0.25) is 0 Å². The van der Waals surface area contributed by atoms with Crippen LogP contribution in [0.25, 0.3) is 5.69 Å². The Morgan fingerprint density at radius 2 is 2.11 bits per heavy atom. The number of hydrogen-bond acceptors (Lipinski definition) is 7. The van der Waals surface area contributed by atoms with Gasteiger partial charge in [-0.2, -0.15) is 0 Å². The zero-order valence-corrected chi connectivity index (χ0v) is 16.6. The van der Waals surface area contributed by atoms with Crippen LogP contribution in [0.5, 0.6) is 0 Å². The van der Waals surface area contributed by atoms with E-state index in [1.807, 2.05) is 55.5 Å². The van der Waals surface area contributed by atoms with Crippen molar-refractivity contribution in [1.29, 1.82) is 0 Å². The molecule has 0 aliphatic rings. The molecule has 140 valence electrons. The number of carbonyl (C=O) groups is 1. The van der Waals surface area contributed by atoms with Crippen molar-refractivity contribution in [3.05, 3.63) is 76.5 Å². The van der Waals surface area contributed by atoms with Crippen molar-refractivity contribution < 1.29 is 4.79 Å². The van der Waals surface area contributed by atoms with Gasteiger partial charge in [-0.05, 0) is 47.7 Å². The number of aryl methyl sites for hydroxylation is 1. The maximum absolute atomic E-state index is 12.9. The summed E-state index contributed by atoms with van der Waals surface area (Å²) in [6, 6.07) is 14.9. The lowest BCUT2D eigenvalue weighted by molar-refractivity contribution is 0.102. The molecule has 0 saturated heterocycles. The van der Waals surface area contributed by atoms with E-state index in [2.05, 4.69) is 31.2 Å². The number of hydrogen-bond donors (Lipinski definition) is 1. The summed E-state index contributed by atoms with van der Waals surface area (Å²) in [5.74, 6) is 0.565. The van der Waals surface area contributed by atoms with Crippen molar-refractivity contribution >= 4 is 34.7 Å². The van der Waals surface area contributed by atoms with Gasteiger partial charge in [0, 0.05) is 21.7 Å². The molecular weight excluding hydrogens is 392 g/mol. The molecule has 0 bridgehead atoms. The fourth-order valence-corrected chi connectivity index (χ4v) is 4.27. The third-order valence-corrected chi connectivity index (χ3v) is 5.82. The summed E-state index contributed by atoms with van der Waals surface area (Å²) in [6.07, 6.45) is 1.51. The molecule has 1 amide bonds. The van der Waals surface area contributed by atoms with E-state index in [4.69, 9.17) is 0 Å². The predicted molar refractivity (Wildman–Crippen MR) is 110 cm³/mol. The number of thiazole rings is 1. The molecule has 28 heavy (non-hydrogen) atoms. The number of thioether (sulfide) groups is 1. The van der Waals surface area contributed by atoms with Gasteiger partial charge in [-0.1, -0.05) is 18.2 Å². The topological polar surface area (TPSA) is 85.6 Å². The Kier molecular flexibility index (Phi) is 5.45. The number of nitrogens with one attached hydrogen (secondary N) is 1. The Labute approximate surface area is 169 Å². The highest BCUT2D eigenvalue weighted by atomic mass is 32.2. The Bertz CT molecular complexity index is 1090. The van der Waals surface area contributed by atoms with Gasteiger partial charge < -0.3 is 5.32 Å². The van der Waals surface area contributed by atoms with E-state index >= 15 is 0 Å². The molecule has 2 aromatic carbocycles. The fourth-order valence-electron chi connectivity index (χ4n) is 2.61. The van der Waals surface area contributed by atoms with E-state index < -0.39 is 0 Å². The van der Waals surface area contributed by atoms with Crippen LogP contribution < -0.4 is 5.32 Å². The summed E-state index contributed by atoms with van der Waals surface area (Å²) in [5, 5.41) is 17.2. The average Bonchev–Trinajstić information content (AvgIpc) is 3.39. The summed E-state index contributed by atoms with van der Waals surface area (Å²) < 4.78 is 1.54. The fraction of sp³-hybridized carbons (Fsp3) is 0.105. The van der Waals surface area contributed by atoms with E-state index in [1.165, 1.54) is 11.0 Å². The quantitative estimate of drug-likeness (QED) is 0.486. The Morgan fingerprint density at radius 3 is 2.89 bits per heavy atom. The third kappa shape index (κ3) is 4.26. The Morgan fingerprint density at radius 1 is 1.21 bits per heavy atom. The minimum atomic E-state index is -0.161. The number of rotatable bonds is 6. The molecule has 0 saturated carbocycles. The van der Waals surface area contributed by atoms with Crippen LogP contribution in [0.4, 0.5) is 5.69 Å². The smallest absolute Gasteiger partial charge is 0.256 e. The van der Waals surface area contributed by atoms with Crippen LogP contribution in [0.1, 0.15) is 21.1 Å². The highest BCUT2D eigenvalue weighted by Gasteiger charge is 2.13. The second-order valence-corrected chi connectivity index (χ2v) is 7.98. The molecular formula is C19H16N6OS2. The molecule has 4 rings (SSSR count). The van der Waals surface area contributed by atoms with Crippen LogP contribution in [-0.4, -0.2) is 31.1 Å². The molecule has 4 aromatic rings. The first-order valence-electron chi connectivity index (χ1n) is 8.46. The second-order valence-electron chi connectivity index (χ2n) is 5.90. The van der Waals surface area contributed by atoms with E-state index in [1.54, 1.807) is 23.1 Å². The van der Waals surface area contributed by atoms with Gasteiger partial charge in [-0.15, -0.1) is 28.2 Å². The lowest BCUT2D eigenvalue weighted by Crippen LogP contribution is -2.13. The molecule has 0 atom stereocenters. The first-order valence-corrected chi connectivity index (χ1v) is 10.3. The van der Waals surface area contributed by atoms with Crippen molar-refractivity contribution in [2.75, 3.05) is 5.32 Å². The lowest BCUT2D eigenvalue weighted by Gasteiger charge is -2.10. The summed E-state index contributed by atoms with van der Waals surface area (Å²) in [5.41, 5.74) is 3.10. The number of benzene rings is 2. The summed E-state index contributed by atoms with van der Waals surface area (Å²) in [7, 11) is 0. The maximum atomic E-state index is 12.9. The Balaban J connectivity index is 1.50. The minimum absolute atomic E-state index is 0.161. The third-order valence-electron chi connectivity index (χ3n) is 3.89. The zero-order chi connectivity index (χ0) is 19.3. The van der Waals surface area contributed by atoms with E-state index in [9.17, 15) is 4.79 Å². The van der Waals surface area contributed by atoms with E-state index in [-0.39, 0.29) is 5.91 Å². The number of amides is 1. The molecule has 0 aliphatic carbocycles. The standard InChI is InChI=1S/C19H16N6OS2/c1-13-21-15(10-27-13)11-28-18-8-3-2-7-17(18)19(26)22-14-5-4-6-16(9-14)25-12-20-23-24-25/h2-10,12H,11H2,1H3,(H,22,26). The monoisotopic (exact) mass is 408 g/mol. The number of carbonyl (C=O) groups excluding carboxylic acids is 1. The Hall–Kier alpha value is -3.04. The molecule has 0 spiro atoms. The highest BCUT2D eigenvalue weighted by molar-refractivity contribution is 7.98. The lowest BCUT2D eigenvalue weighted by atomic mass is 10.2. The van der Waals surface area contributed by atoms with Gasteiger partial charge in [0.1, 0.15) is 6.33 Å². The zero-order valence-electron chi connectivity index (χ0n) is 14.9. The second kappa shape index (κ2) is 8.32. The summed E-state index contributed by atoms with van der Waals surface area (Å²) in [6.45, 7) is 1.99. The molecule has 9 heteroatoms. The van der Waals surface area contributed by atoms with Gasteiger partial charge in [-0.25, -0.2) is 9.67 Å². The van der Waals surface area contributed by atoms with Crippen molar-refractivity contribution in [1.82, 2.24) is 25.2 Å². The number of aromatic nitrogens is 5. The largest absolute Gasteiger partial charge is 0.322 e. The molecule has 0 fully saturated rings. The SMILES string of the molecule is Cc1nc(CSc2ccccc2C(=O)Nc2cccc(-n3cnnn3)c2)cs1. The predicted octanol–water partition coefficient (Wildman–Crippen LogP) is 3.97. The van der Waals surface area contributed by atoms with E-state index in [0.717, 1.165) is 27.0 Å². The first-order chi connectivity index (χ1) is 13.7. The van der Waals surface area contributed by atoms with Gasteiger partial charge in [-0.3, -0.25) is 4.79 Å². The van der Waals surface area contributed by atoms with Gasteiger partial charge in [0.15, 0.2) is 0 Å². The van der Waals surface area contributed by atoms with Gasteiger partial charge in [0.2, 0.25) is 0 Å². The first kappa shape index (κ1) is 18.3. The van der Waals surface area contributed by atoms with Gasteiger partial charge >= 0.3 is 0 Å². The van der Waals surface area contributed by atoms with Crippen molar-refractivity contribution in [3.63, 3.8) is 0 Å². The minimum Gasteiger partial charge on any atom is -0.322 e. The van der Waals surface area contributed by atoms with Crippen LogP contribution in [0.3, 0.4) is 0 Å². The number of tetrazole rings is 1. The van der Waals surface area contributed by atoms with Gasteiger partial charge in [0.25, 0.3) is 5.91 Å². The molecule has 0 radical (unpaired) electrons. The molecule has 0 unspecified atom stereocenters. The molecule has 0 aliphatic heterocycles. The van der Waals surface area contributed by atoms with Crippen LogP contribution >= 0.6 is 23.1 Å². The molecule has 7 nitrogen and oxygen atoms in total. The normalized spacial score (nSPS) is 10.8. The number of anilines is 1. The van der Waals surface area contributed by atoms with Crippen LogP contribution in [0.15, 0.2) is 65.1 Å². The van der Waals surface area contributed by atoms with Crippen LogP contribution in [0, 0.1) is 6.92 Å².